The maximum atomic E-state index is 5.81. The molecule has 3 nitrogen and oxygen atoms in total. The second-order valence-electron chi connectivity index (χ2n) is 6.15. The molecule has 0 aromatic heterocycles. The fraction of sp³-hybridized carbons (Fsp3) is 0.400. The van der Waals surface area contributed by atoms with E-state index in [1.54, 1.807) is 0 Å². The van der Waals surface area contributed by atoms with Crippen LogP contribution in [-0.2, 0) is 0 Å². The van der Waals surface area contributed by atoms with Gasteiger partial charge in [0.05, 0.1) is 0 Å². The summed E-state index contributed by atoms with van der Waals surface area (Å²) in [4.78, 5) is 0. The molecule has 0 bridgehead atoms. The van der Waals surface area contributed by atoms with E-state index in [9.17, 15) is 0 Å². The van der Waals surface area contributed by atoms with Gasteiger partial charge in [-0.25, -0.2) is 0 Å². The van der Waals surface area contributed by atoms with Gasteiger partial charge in [0, 0.05) is 24.0 Å². The lowest BCUT2D eigenvalue weighted by atomic mass is 9.96. The van der Waals surface area contributed by atoms with E-state index in [2.05, 4.69) is 34.9 Å². The average molecular weight is 310 g/mol. The van der Waals surface area contributed by atoms with Crippen LogP contribution < -0.4 is 15.4 Å². The molecule has 2 aromatic rings. The minimum atomic E-state index is 0.699. The van der Waals surface area contributed by atoms with Gasteiger partial charge in [-0.15, -0.1) is 0 Å². The molecular weight excluding hydrogens is 284 g/mol. The van der Waals surface area contributed by atoms with Crippen molar-refractivity contribution in [2.24, 2.45) is 0 Å². The summed E-state index contributed by atoms with van der Waals surface area (Å²) in [5, 5.41) is 6.97. The normalized spacial score (nSPS) is 15.3. The van der Waals surface area contributed by atoms with Gasteiger partial charge in [-0.1, -0.05) is 37.5 Å². The Morgan fingerprint density at radius 3 is 2.26 bits per heavy atom. The molecule has 3 heteroatoms. The van der Waals surface area contributed by atoms with Crippen molar-refractivity contribution in [3.63, 3.8) is 0 Å². The summed E-state index contributed by atoms with van der Waals surface area (Å²) < 4.78 is 5.81. The van der Waals surface area contributed by atoms with Crippen LogP contribution in [0.25, 0.3) is 0 Å². The smallest absolute Gasteiger partial charge is 0.119 e. The van der Waals surface area contributed by atoms with Crippen LogP contribution in [0.1, 0.15) is 32.1 Å². The predicted octanol–water partition coefficient (Wildman–Crippen LogP) is 4.73. The Morgan fingerprint density at radius 2 is 1.52 bits per heavy atom. The predicted molar refractivity (Wildman–Crippen MR) is 96.5 cm³/mol. The number of hydrogen-bond donors (Lipinski definition) is 2. The minimum absolute atomic E-state index is 0.699. The van der Waals surface area contributed by atoms with Gasteiger partial charge in [0.15, 0.2) is 0 Å². The fourth-order valence-corrected chi connectivity index (χ4v) is 3.06. The molecule has 0 amide bonds. The molecule has 1 saturated carbocycles. The SMILES string of the molecule is c1ccc(Nc2ccc(OCCNC3CCCCC3)cc2)cc1. The summed E-state index contributed by atoms with van der Waals surface area (Å²) in [6, 6.07) is 19.0. The number of hydrogen-bond acceptors (Lipinski definition) is 3. The Kier molecular flexibility index (Phi) is 5.93. The summed E-state index contributed by atoms with van der Waals surface area (Å²) in [6.45, 7) is 1.65. The summed E-state index contributed by atoms with van der Waals surface area (Å²) in [5.74, 6) is 0.925. The first-order valence-electron chi connectivity index (χ1n) is 8.68. The Labute approximate surface area is 139 Å². The van der Waals surface area contributed by atoms with Gasteiger partial charge >= 0.3 is 0 Å². The first-order valence-corrected chi connectivity index (χ1v) is 8.68. The Morgan fingerprint density at radius 1 is 0.826 bits per heavy atom. The highest BCUT2D eigenvalue weighted by Crippen LogP contribution is 2.20. The minimum Gasteiger partial charge on any atom is -0.492 e. The van der Waals surface area contributed by atoms with Crippen LogP contribution in [0.15, 0.2) is 54.6 Å². The average Bonchev–Trinajstić information content (AvgIpc) is 2.62. The van der Waals surface area contributed by atoms with E-state index < -0.39 is 0 Å². The van der Waals surface area contributed by atoms with Crippen molar-refractivity contribution in [1.82, 2.24) is 5.32 Å². The van der Waals surface area contributed by atoms with Crippen LogP contribution in [0.3, 0.4) is 0 Å². The molecule has 0 unspecified atom stereocenters. The van der Waals surface area contributed by atoms with Crippen molar-refractivity contribution >= 4 is 11.4 Å². The van der Waals surface area contributed by atoms with Crippen LogP contribution in [-0.4, -0.2) is 19.2 Å². The number of nitrogens with one attached hydrogen (secondary N) is 2. The number of para-hydroxylation sites is 1. The standard InChI is InChI=1S/C20H26N2O/c1-3-7-17(8-4-1)21-15-16-23-20-13-11-19(12-14-20)22-18-9-5-2-6-10-18/h2,5-6,9-14,17,21-22H,1,3-4,7-8,15-16H2. The van der Waals surface area contributed by atoms with Crippen molar-refractivity contribution in [3.05, 3.63) is 54.6 Å². The fourth-order valence-electron chi connectivity index (χ4n) is 3.06. The van der Waals surface area contributed by atoms with Crippen LogP contribution in [0.2, 0.25) is 0 Å². The van der Waals surface area contributed by atoms with Crippen LogP contribution in [0.4, 0.5) is 11.4 Å². The molecule has 0 spiro atoms. The van der Waals surface area contributed by atoms with E-state index in [0.717, 1.165) is 30.3 Å². The van der Waals surface area contributed by atoms with Crippen molar-refractivity contribution in [3.8, 4) is 5.75 Å². The zero-order chi connectivity index (χ0) is 15.7. The van der Waals surface area contributed by atoms with E-state index in [-0.39, 0.29) is 0 Å². The molecule has 0 radical (unpaired) electrons. The third-order valence-corrected chi connectivity index (χ3v) is 4.33. The lowest BCUT2D eigenvalue weighted by Gasteiger charge is -2.22. The lowest BCUT2D eigenvalue weighted by molar-refractivity contribution is 0.289. The second-order valence-corrected chi connectivity index (χ2v) is 6.15. The molecule has 2 N–H and O–H groups in total. The van der Waals surface area contributed by atoms with Gasteiger partial charge in [0.25, 0.3) is 0 Å². The monoisotopic (exact) mass is 310 g/mol. The third kappa shape index (κ3) is 5.29. The summed E-state index contributed by atoms with van der Waals surface area (Å²) in [5.41, 5.74) is 2.17. The third-order valence-electron chi connectivity index (χ3n) is 4.33. The van der Waals surface area contributed by atoms with E-state index in [0.29, 0.717) is 6.04 Å². The summed E-state index contributed by atoms with van der Waals surface area (Å²) >= 11 is 0. The van der Waals surface area contributed by atoms with Crippen molar-refractivity contribution in [2.45, 2.75) is 38.1 Å². The van der Waals surface area contributed by atoms with Crippen LogP contribution in [0, 0.1) is 0 Å². The van der Waals surface area contributed by atoms with Crippen molar-refractivity contribution in [2.75, 3.05) is 18.5 Å². The zero-order valence-corrected chi connectivity index (χ0v) is 13.6. The molecule has 23 heavy (non-hydrogen) atoms. The topological polar surface area (TPSA) is 33.3 Å². The van der Waals surface area contributed by atoms with E-state index >= 15 is 0 Å². The van der Waals surface area contributed by atoms with Crippen LogP contribution >= 0.6 is 0 Å². The lowest BCUT2D eigenvalue weighted by Crippen LogP contribution is -2.34. The molecule has 122 valence electrons. The van der Waals surface area contributed by atoms with Crippen molar-refractivity contribution < 1.29 is 4.74 Å². The Balaban J connectivity index is 1.39. The van der Waals surface area contributed by atoms with Gasteiger partial charge in [0.2, 0.25) is 0 Å². The molecule has 2 aromatic carbocycles. The van der Waals surface area contributed by atoms with Gasteiger partial charge < -0.3 is 15.4 Å². The quantitative estimate of drug-likeness (QED) is 0.725. The molecule has 0 aliphatic heterocycles. The molecule has 0 heterocycles. The highest BCUT2D eigenvalue weighted by molar-refractivity contribution is 5.59. The number of anilines is 2. The molecule has 3 rings (SSSR count). The number of benzene rings is 2. The molecule has 1 aliphatic rings. The maximum absolute atomic E-state index is 5.81. The van der Waals surface area contributed by atoms with E-state index in [1.807, 2.05) is 30.3 Å². The van der Waals surface area contributed by atoms with Crippen LogP contribution in [0.5, 0.6) is 5.75 Å². The Hall–Kier alpha value is -2.00. The summed E-state index contributed by atoms with van der Waals surface area (Å²) in [6.07, 6.45) is 6.78. The molecular formula is C20H26N2O. The number of ether oxygens (including phenoxy) is 1. The molecule has 0 saturated heterocycles. The Bertz CT molecular complexity index is 562. The molecule has 1 fully saturated rings. The first-order chi connectivity index (χ1) is 11.4. The van der Waals surface area contributed by atoms with Gasteiger partial charge in [-0.2, -0.15) is 0 Å². The molecule has 0 atom stereocenters. The zero-order valence-electron chi connectivity index (χ0n) is 13.6. The van der Waals surface area contributed by atoms with Gasteiger partial charge in [0.1, 0.15) is 12.4 Å². The largest absolute Gasteiger partial charge is 0.492 e. The van der Waals surface area contributed by atoms with Gasteiger partial charge in [-0.3, -0.25) is 0 Å². The van der Waals surface area contributed by atoms with Crippen molar-refractivity contribution in [1.29, 1.82) is 0 Å². The first kappa shape index (κ1) is 15.9. The maximum Gasteiger partial charge on any atom is 0.119 e. The molecule has 1 aliphatic carbocycles. The van der Waals surface area contributed by atoms with E-state index in [1.165, 1.54) is 32.1 Å². The second kappa shape index (κ2) is 8.59. The van der Waals surface area contributed by atoms with Gasteiger partial charge in [-0.05, 0) is 49.2 Å². The van der Waals surface area contributed by atoms with E-state index in [4.69, 9.17) is 4.74 Å². The highest BCUT2D eigenvalue weighted by atomic mass is 16.5. The summed E-state index contributed by atoms with van der Waals surface area (Å²) in [7, 11) is 0. The highest BCUT2D eigenvalue weighted by Gasteiger charge is 2.11. The number of rotatable bonds is 7.